The molecule has 4 rings (SSSR count). The van der Waals surface area contributed by atoms with Gasteiger partial charge in [0.05, 0.1) is 30.3 Å². The molecule has 2 heterocycles. The summed E-state index contributed by atoms with van der Waals surface area (Å²) in [6.07, 6.45) is -2.56. The number of methoxy groups -OCH3 is 1. The van der Waals surface area contributed by atoms with E-state index < -0.39 is 24.3 Å². The van der Waals surface area contributed by atoms with E-state index >= 15 is 0 Å². The number of hydrogen-bond donors (Lipinski definition) is 2. The third-order valence-electron chi connectivity index (χ3n) is 5.24. The van der Waals surface area contributed by atoms with Crippen molar-refractivity contribution in [2.24, 2.45) is 5.73 Å². The van der Waals surface area contributed by atoms with Crippen LogP contribution < -0.4 is 19.9 Å². The molecule has 190 valence electrons. The number of rotatable bonds is 10. The summed E-state index contributed by atoms with van der Waals surface area (Å²) in [5.41, 5.74) is 5.84. The Kier molecular flexibility index (Phi) is 7.36. The zero-order chi connectivity index (χ0) is 25.9. The lowest BCUT2D eigenvalue weighted by Gasteiger charge is -2.13. The van der Waals surface area contributed by atoms with E-state index in [1.165, 1.54) is 37.7 Å². The van der Waals surface area contributed by atoms with Gasteiger partial charge in [0.15, 0.2) is 11.5 Å². The van der Waals surface area contributed by atoms with Crippen molar-refractivity contribution in [2.45, 2.75) is 19.2 Å². The van der Waals surface area contributed by atoms with E-state index in [-0.39, 0.29) is 22.8 Å². The molecule has 4 aromatic rings. The van der Waals surface area contributed by atoms with Gasteiger partial charge in [-0.05, 0) is 6.07 Å². The van der Waals surface area contributed by atoms with Crippen LogP contribution in [0.1, 0.15) is 27.2 Å². The third-order valence-corrected chi connectivity index (χ3v) is 6.38. The van der Waals surface area contributed by atoms with Crippen molar-refractivity contribution >= 4 is 28.3 Å². The average Bonchev–Trinajstić information content (AvgIpc) is 3.45. The van der Waals surface area contributed by atoms with E-state index in [4.69, 9.17) is 25.1 Å². The third kappa shape index (κ3) is 5.24. The first-order valence-corrected chi connectivity index (χ1v) is 11.5. The number of benzene rings is 2. The zero-order valence-corrected chi connectivity index (χ0v) is 19.9. The minimum atomic E-state index is -4.54. The molecule has 0 atom stereocenters. The van der Waals surface area contributed by atoms with Crippen molar-refractivity contribution < 1.29 is 37.3 Å². The number of hydrogen-bond acceptors (Lipinski definition) is 7. The standard InChI is InChI=1S/C24H22F3N3O5S/c1-33-18-10-17-16(9-19(18)34-8-4-7-31)29-13-30(17)21-11-20(22(36-21)23(28)32)35-12-14-5-2-3-6-15(14)24(25,26)27/h2-3,5-6,9-11,13,31H,4,7-8,12H2,1H3,(H2,28,32). The van der Waals surface area contributed by atoms with Gasteiger partial charge in [-0.3, -0.25) is 9.36 Å². The van der Waals surface area contributed by atoms with Gasteiger partial charge in [0.2, 0.25) is 0 Å². The van der Waals surface area contributed by atoms with E-state index in [0.29, 0.717) is 40.6 Å². The first kappa shape index (κ1) is 25.3. The SMILES string of the molecule is COc1cc2c(cc1OCCCO)ncn2-c1cc(OCc2ccccc2C(F)(F)F)c(C(N)=O)s1. The minimum Gasteiger partial charge on any atom is -0.493 e. The number of aliphatic hydroxyl groups is 1. The van der Waals surface area contributed by atoms with Crippen molar-refractivity contribution in [3.05, 3.63) is 64.8 Å². The zero-order valence-electron chi connectivity index (χ0n) is 19.0. The number of nitrogens with two attached hydrogens (primary N) is 1. The Labute approximate surface area is 207 Å². The molecular weight excluding hydrogens is 499 g/mol. The van der Waals surface area contributed by atoms with Gasteiger partial charge in [-0.25, -0.2) is 4.98 Å². The largest absolute Gasteiger partial charge is 0.493 e. The summed E-state index contributed by atoms with van der Waals surface area (Å²) in [5.74, 6) is 0.193. The van der Waals surface area contributed by atoms with E-state index in [0.717, 1.165) is 17.4 Å². The highest BCUT2D eigenvalue weighted by atomic mass is 32.1. The molecule has 0 aliphatic carbocycles. The van der Waals surface area contributed by atoms with Crippen LogP contribution in [-0.4, -0.2) is 40.9 Å². The summed E-state index contributed by atoms with van der Waals surface area (Å²) in [7, 11) is 1.49. The summed E-state index contributed by atoms with van der Waals surface area (Å²) in [5, 5.41) is 9.48. The molecule has 0 bridgehead atoms. The van der Waals surface area contributed by atoms with Gasteiger partial charge in [0.1, 0.15) is 28.6 Å². The molecule has 0 saturated carbocycles. The summed E-state index contributed by atoms with van der Waals surface area (Å²) in [4.78, 5) is 16.5. The quantitative estimate of drug-likeness (QED) is 0.297. The van der Waals surface area contributed by atoms with E-state index in [1.807, 2.05) is 0 Å². The molecule has 0 aliphatic rings. The smallest absolute Gasteiger partial charge is 0.416 e. The molecule has 1 amide bonds. The number of amides is 1. The highest BCUT2D eigenvalue weighted by Gasteiger charge is 2.33. The monoisotopic (exact) mass is 521 g/mol. The lowest BCUT2D eigenvalue weighted by atomic mass is 10.1. The van der Waals surface area contributed by atoms with Gasteiger partial charge in [0, 0.05) is 36.8 Å². The first-order chi connectivity index (χ1) is 17.2. The average molecular weight is 522 g/mol. The van der Waals surface area contributed by atoms with E-state index in [9.17, 15) is 18.0 Å². The predicted octanol–water partition coefficient (Wildman–Crippen LogP) is 4.55. The van der Waals surface area contributed by atoms with Crippen molar-refractivity contribution in [3.63, 3.8) is 0 Å². The Morgan fingerprint density at radius 1 is 1.14 bits per heavy atom. The van der Waals surface area contributed by atoms with E-state index in [2.05, 4.69) is 4.98 Å². The fourth-order valence-electron chi connectivity index (χ4n) is 3.55. The number of nitrogens with zero attached hydrogens (tertiary/aromatic N) is 2. The maximum Gasteiger partial charge on any atom is 0.416 e. The fraction of sp³-hybridized carbons (Fsp3) is 0.250. The lowest BCUT2D eigenvalue weighted by Crippen LogP contribution is -2.13. The molecule has 0 unspecified atom stereocenters. The van der Waals surface area contributed by atoms with Crippen LogP contribution in [0, 0.1) is 0 Å². The van der Waals surface area contributed by atoms with Gasteiger partial charge >= 0.3 is 6.18 Å². The van der Waals surface area contributed by atoms with Crippen LogP contribution in [0.5, 0.6) is 17.2 Å². The number of primary amides is 1. The van der Waals surface area contributed by atoms with Crippen molar-refractivity contribution in [1.29, 1.82) is 0 Å². The Hall–Kier alpha value is -3.77. The number of ether oxygens (including phenoxy) is 3. The van der Waals surface area contributed by atoms with Crippen molar-refractivity contribution in [3.8, 4) is 22.2 Å². The van der Waals surface area contributed by atoms with Crippen LogP contribution in [0.15, 0.2) is 48.8 Å². The number of fused-ring (bicyclic) bond motifs is 1. The van der Waals surface area contributed by atoms with Gasteiger partial charge < -0.3 is 25.1 Å². The predicted molar refractivity (Wildman–Crippen MR) is 127 cm³/mol. The molecule has 12 heteroatoms. The molecule has 8 nitrogen and oxygen atoms in total. The highest BCUT2D eigenvalue weighted by molar-refractivity contribution is 7.16. The van der Waals surface area contributed by atoms with Crippen LogP contribution in [0.2, 0.25) is 0 Å². The van der Waals surface area contributed by atoms with Crippen LogP contribution in [0.3, 0.4) is 0 Å². The highest BCUT2D eigenvalue weighted by Crippen LogP contribution is 2.38. The molecule has 0 radical (unpaired) electrons. The maximum atomic E-state index is 13.3. The Balaban J connectivity index is 1.66. The number of imidazole rings is 1. The maximum absolute atomic E-state index is 13.3. The molecule has 2 aromatic carbocycles. The lowest BCUT2D eigenvalue weighted by molar-refractivity contribution is -0.138. The number of aromatic nitrogens is 2. The van der Waals surface area contributed by atoms with Crippen molar-refractivity contribution in [2.75, 3.05) is 20.3 Å². The fourth-order valence-corrected chi connectivity index (χ4v) is 4.49. The molecule has 3 N–H and O–H groups in total. The Morgan fingerprint density at radius 2 is 1.92 bits per heavy atom. The minimum absolute atomic E-state index is 0.00798. The van der Waals surface area contributed by atoms with E-state index in [1.54, 1.807) is 16.7 Å². The number of carbonyl (C=O) groups is 1. The Morgan fingerprint density at radius 3 is 2.61 bits per heavy atom. The molecule has 0 spiro atoms. The molecule has 0 fully saturated rings. The molecule has 36 heavy (non-hydrogen) atoms. The number of carbonyl (C=O) groups excluding carboxylic acids is 1. The molecular formula is C24H22F3N3O5S. The second-order valence-electron chi connectivity index (χ2n) is 7.62. The molecule has 0 aliphatic heterocycles. The first-order valence-electron chi connectivity index (χ1n) is 10.7. The summed E-state index contributed by atoms with van der Waals surface area (Å²) >= 11 is 1.02. The number of alkyl halides is 3. The molecule has 2 aromatic heterocycles. The van der Waals surface area contributed by atoms with Crippen molar-refractivity contribution in [1.82, 2.24) is 9.55 Å². The Bertz CT molecular complexity index is 1380. The number of halogens is 3. The molecule has 0 saturated heterocycles. The van der Waals surface area contributed by atoms with Crippen LogP contribution in [0.25, 0.3) is 16.0 Å². The topological polar surface area (TPSA) is 109 Å². The van der Waals surface area contributed by atoms with Crippen LogP contribution in [-0.2, 0) is 12.8 Å². The number of thiophene rings is 1. The summed E-state index contributed by atoms with van der Waals surface area (Å²) < 4.78 is 58.4. The van der Waals surface area contributed by atoms with Gasteiger partial charge in [-0.1, -0.05) is 18.2 Å². The number of aliphatic hydroxyl groups excluding tert-OH is 1. The van der Waals surface area contributed by atoms with Crippen LogP contribution in [0.4, 0.5) is 13.2 Å². The second kappa shape index (κ2) is 10.5. The van der Waals surface area contributed by atoms with Gasteiger partial charge in [-0.15, -0.1) is 11.3 Å². The van der Waals surface area contributed by atoms with Gasteiger partial charge in [-0.2, -0.15) is 13.2 Å². The normalized spacial score (nSPS) is 11.6. The van der Waals surface area contributed by atoms with Crippen LogP contribution >= 0.6 is 11.3 Å². The summed E-state index contributed by atoms with van der Waals surface area (Å²) in [6, 6.07) is 9.99. The van der Waals surface area contributed by atoms with Gasteiger partial charge in [0.25, 0.3) is 5.91 Å². The summed E-state index contributed by atoms with van der Waals surface area (Å²) in [6.45, 7) is -0.116. The second-order valence-corrected chi connectivity index (χ2v) is 8.65.